The number of rotatable bonds is 6. The predicted molar refractivity (Wildman–Crippen MR) is 111 cm³/mol. The minimum Gasteiger partial charge on any atom is -0.484 e. The molecule has 3 rings (SSSR count). The second-order valence-electron chi connectivity index (χ2n) is 6.50. The summed E-state index contributed by atoms with van der Waals surface area (Å²) in [5, 5.41) is 5.63. The highest BCUT2D eigenvalue weighted by Crippen LogP contribution is 2.19. The SMILES string of the molecule is Cc1ccc(C)c(C(=O)Nc2cccc(OCC(=O)Nc3ccccc3)c2)c1. The molecule has 0 spiro atoms. The Balaban J connectivity index is 1.60. The molecule has 0 saturated carbocycles. The van der Waals surface area contributed by atoms with Gasteiger partial charge in [-0.15, -0.1) is 0 Å². The van der Waals surface area contributed by atoms with E-state index in [4.69, 9.17) is 4.74 Å². The Morgan fingerprint density at radius 2 is 1.57 bits per heavy atom. The topological polar surface area (TPSA) is 67.4 Å². The minimum atomic E-state index is -0.254. The van der Waals surface area contributed by atoms with Crippen molar-refractivity contribution in [3.63, 3.8) is 0 Å². The van der Waals surface area contributed by atoms with Gasteiger partial charge in [0.15, 0.2) is 6.61 Å². The van der Waals surface area contributed by atoms with Crippen molar-refractivity contribution in [3.8, 4) is 5.75 Å². The molecule has 0 heterocycles. The van der Waals surface area contributed by atoms with Gasteiger partial charge in [-0.2, -0.15) is 0 Å². The van der Waals surface area contributed by atoms with Gasteiger partial charge in [-0.05, 0) is 49.7 Å². The largest absolute Gasteiger partial charge is 0.484 e. The molecule has 5 nitrogen and oxygen atoms in total. The predicted octanol–water partition coefficient (Wildman–Crippen LogP) is 4.57. The third-order valence-electron chi connectivity index (χ3n) is 4.16. The summed E-state index contributed by atoms with van der Waals surface area (Å²) >= 11 is 0. The second kappa shape index (κ2) is 8.86. The van der Waals surface area contributed by atoms with Gasteiger partial charge in [0.2, 0.25) is 0 Å². The summed E-state index contributed by atoms with van der Waals surface area (Å²) in [5.41, 5.74) is 3.89. The van der Waals surface area contributed by atoms with Crippen molar-refractivity contribution in [2.75, 3.05) is 17.2 Å². The lowest BCUT2D eigenvalue weighted by atomic mass is 10.1. The number of amides is 2. The Hall–Kier alpha value is -3.60. The molecule has 0 aromatic heterocycles. The summed E-state index contributed by atoms with van der Waals surface area (Å²) in [6.07, 6.45) is 0. The van der Waals surface area contributed by atoms with Crippen molar-refractivity contribution >= 4 is 23.2 Å². The number of carbonyl (C=O) groups is 2. The highest BCUT2D eigenvalue weighted by atomic mass is 16.5. The van der Waals surface area contributed by atoms with Crippen LogP contribution in [0.15, 0.2) is 72.8 Å². The molecular weight excluding hydrogens is 352 g/mol. The molecule has 0 bridgehead atoms. The molecule has 0 unspecified atom stereocenters. The van der Waals surface area contributed by atoms with Gasteiger partial charge in [0.05, 0.1) is 0 Å². The van der Waals surface area contributed by atoms with Crippen LogP contribution in [-0.4, -0.2) is 18.4 Å². The van der Waals surface area contributed by atoms with Gasteiger partial charge < -0.3 is 15.4 Å². The van der Waals surface area contributed by atoms with Crippen LogP contribution in [0.2, 0.25) is 0 Å². The van der Waals surface area contributed by atoms with Crippen LogP contribution in [-0.2, 0) is 4.79 Å². The van der Waals surface area contributed by atoms with Gasteiger partial charge in [-0.1, -0.05) is 42.0 Å². The first kappa shape index (κ1) is 19.2. The van der Waals surface area contributed by atoms with Crippen molar-refractivity contribution in [1.82, 2.24) is 0 Å². The van der Waals surface area contributed by atoms with Gasteiger partial charge in [0, 0.05) is 23.0 Å². The van der Waals surface area contributed by atoms with Gasteiger partial charge in [-0.3, -0.25) is 9.59 Å². The molecule has 0 aliphatic rings. The maximum absolute atomic E-state index is 12.6. The highest BCUT2D eigenvalue weighted by molar-refractivity contribution is 6.05. The molecule has 3 aromatic carbocycles. The summed E-state index contributed by atoms with van der Waals surface area (Å²) in [6.45, 7) is 3.73. The summed E-state index contributed by atoms with van der Waals surface area (Å²) in [7, 11) is 0. The van der Waals surface area contributed by atoms with Crippen molar-refractivity contribution in [2.45, 2.75) is 13.8 Å². The van der Waals surface area contributed by atoms with E-state index in [0.717, 1.165) is 11.1 Å². The highest BCUT2D eigenvalue weighted by Gasteiger charge is 2.10. The van der Waals surface area contributed by atoms with E-state index in [9.17, 15) is 9.59 Å². The average Bonchev–Trinajstić information content (AvgIpc) is 2.69. The molecule has 5 heteroatoms. The first-order chi connectivity index (χ1) is 13.5. The van der Waals surface area contributed by atoms with Crippen molar-refractivity contribution in [2.24, 2.45) is 0 Å². The second-order valence-corrected chi connectivity index (χ2v) is 6.50. The summed E-state index contributed by atoms with van der Waals surface area (Å²) in [6, 6.07) is 21.9. The number of benzene rings is 3. The summed E-state index contributed by atoms with van der Waals surface area (Å²) in [4.78, 5) is 24.5. The number of nitrogens with one attached hydrogen (secondary N) is 2. The van der Waals surface area contributed by atoms with Crippen LogP contribution >= 0.6 is 0 Å². The lowest BCUT2D eigenvalue weighted by Crippen LogP contribution is -2.20. The summed E-state index contributed by atoms with van der Waals surface area (Å²) in [5.74, 6) is 0.0678. The molecule has 2 N–H and O–H groups in total. The van der Waals surface area contributed by atoms with Gasteiger partial charge in [0.1, 0.15) is 5.75 Å². The molecule has 0 atom stereocenters. The quantitative estimate of drug-likeness (QED) is 0.664. The van der Waals surface area contributed by atoms with Crippen LogP contribution in [0.4, 0.5) is 11.4 Å². The Labute approximate surface area is 164 Å². The van der Waals surface area contributed by atoms with Gasteiger partial charge in [-0.25, -0.2) is 0 Å². The number of anilines is 2. The van der Waals surface area contributed by atoms with Crippen LogP contribution in [0.3, 0.4) is 0 Å². The molecule has 3 aromatic rings. The lowest BCUT2D eigenvalue weighted by Gasteiger charge is -2.11. The standard InChI is InChI=1S/C23H22N2O3/c1-16-11-12-17(2)21(13-16)23(27)25-19-9-6-10-20(14-19)28-15-22(26)24-18-7-4-3-5-8-18/h3-14H,15H2,1-2H3,(H,24,26)(H,25,27). The van der Waals surface area contributed by atoms with Crippen LogP contribution in [0, 0.1) is 13.8 Å². The van der Waals surface area contributed by atoms with E-state index in [-0.39, 0.29) is 18.4 Å². The van der Waals surface area contributed by atoms with Crippen molar-refractivity contribution in [3.05, 3.63) is 89.5 Å². The van der Waals surface area contributed by atoms with Gasteiger partial charge >= 0.3 is 0 Å². The van der Waals surface area contributed by atoms with E-state index < -0.39 is 0 Å². The molecule has 28 heavy (non-hydrogen) atoms. The number of hydrogen-bond acceptors (Lipinski definition) is 3. The zero-order valence-corrected chi connectivity index (χ0v) is 15.9. The van der Waals surface area contributed by atoms with Crippen LogP contribution in [0.25, 0.3) is 0 Å². The number of aryl methyl sites for hydroxylation is 2. The molecule has 0 aliphatic carbocycles. The first-order valence-corrected chi connectivity index (χ1v) is 8.97. The van der Waals surface area contributed by atoms with Crippen LogP contribution < -0.4 is 15.4 Å². The number of para-hydroxylation sites is 1. The average molecular weight is 374 g/mol. The van der Waals surface area contributed by atoms with Crippen molar-refractivity contribution in [1.29, 1.82) is 0 Å². The molecule has 0 saturated heterocycles. The molecule has 2 amide bonds. The molecule has 0 radical (unpaired) electrons. The van der Waals surface area contributed by atoms with E-state index in [0.29, 0.717) is 22.7 Å². The lowest BCUT2D eigenvalue weighted by molar-refractivity contribution is -0.118. The summed E-state index contributed by atoms with van der Waals surface area (Å²) < 4.78 is 5.55. The van der Waals surface area contributed by atoms with Crippen molar-refractivity contribution < 1.29 is 14.3 Å². The Bertz CT molecular complexity index is 984. The molecule has 142 valence electrons. The normalized spacial score (nSPS) is 10.2. The maximum atomic E-state index is 12.6. The zero-order chi connectivity index (χ0) is 19.9. The molecule has 0 aliphatic heterocycles. The molecular formula is C23H22N2O3. The Morgan fingerprint density at radius 1 is 0.821 bits per heavy atom. The van der Waals surface area contributed by atoms with Crippen LogP contribution in [0.1, 0.15) is 21.5 Å². The zero-order valence-electron chi connectivity index (χ0n) is 15.9. The van der Waals surface area contributed by atoms with Crippen LogP contribution in [0.5, 0.6) is 5.75 Å². The van der Waals surface area contributed by atoms with Gasteiger partial charge in [0.25, 0.3) is 11.8 Å². The fourth-order valence-electron chi connectivity index (χ4n) is 2.71. The van der Waals surface area contributed by atoms with E-state index in [2.05, 4.69) is 10.6 Å². The number of carbonyl (C=O) groups excluding carboxylic acids is 2. The smallest absolute Gasteiger partial charge is 0.262 e. The van der Waals surface area contributed by atoms with E-state index in [1.54, 1.807) is 36.4 Å². The third kappa shape index (κ3) is 5.20. The monoisotopic (exact) mass is 374 g/mol. The van der Waals surface area contributed by atoms with E-state index in [1.807, 2.05) is 50.2 Å². The number of hydrogen-bond donors (Lipinski definition) is 2. The Kier molecular flexibility index (Phi) is 6.07. The Morgan fingerprint density at radius 3 is 2.36 bits per heavy atom. The molecule has 0 fully saturated rings. The maximum Gasteiger partial charge on any atom is 0.262 e. The fraction of sp³-hybridized carbons (Fsp3) is 0.130. The third-order valence-corrected chi connectivity index (χ3v) is 4.16. The first-order valence-electron chi connectivity index (χ1n) is 8.97. The fourth-order valence-corrected chi connectivity index (χ4v) is 2.71. The minimum absolute atomic E-state index is 0.122. The number of ether oxygens (including phenoxy) is 1. The van der Waals surface area contributed by atoms with E-state index in [1.165, 1.54) is 0 Å². The van der Waals surface area contributed by atoms with E-state index >= 15 is 0 Å².